The van der Waals surface area contributed by atoms with E-state index in [9.17, 15) is 5.11 Å². The highest BCUT2D eigenvalue weighted by Gasteiger charge is 2.48. The standard InChI is InChI=1S/C18H28Cl2NO2/c1-12-6-5-9-17(2,18(12,3)23)11-21-10-15(22)16-13(19)7-4-8-14(16)20/h4,7-8,12,15,19,21-23H,5-6,9-11H2,1-3H3/q+1/p+1/t12-,15?,17-,18+/m0/s1. The summed E-state index contributed by atoms with van der Waals surface area (Å²) in [5, 5.41) is 23.8. The molecule has 0 saturated heterocycles. The van der Waals surface area contributed by atoms with Crippen LogP contribution in [0.3, 0.4) is 0 Å². The molecule has 4 N–H and O–H groups in total. The van der Waals surface area contributed by atoms with Gasteiger partial charge in [0.05, 0.1) is 17.2 Å². The first-order valence-corrected chi connectivity index (χ1v) is 9.07. The summed E-state index contributed by atoms with van der Waals surface area (Å²) in [6.45, 7) is 7.39. The van der Waals surface area contributed by atoms with E-state index in [4.69, 9.17) is 28.3 Å². The highest BCUT2D eigenvalue weighted by atomic mass is 35.5. The van der Waals surface area contributed by atoms with Crippen LogP contribution in [-0.2, 0) is 0 Å². The summed E-state index contributed by atoms with van der Waals surface area (Å²) < 4.78 is 0. The molecule has 5 heteroatoms. The monoisotopic (exact) mass is 361 g/mol. The van der Waals surface area contributed by atoms with Crippen molar-refractivity contribution in [3.05, 3.63) is 33.8 Å². The quantitative estimate of drug-likeness (QED) is 0.792. The molecule has 0 amide bonds. The van der Waals surface area contributed by atoms with Crippen molar-refractivity contribution in [3.8, 4) is 0 Å². The average molecular weight is 362 g/mol. The Morgan fingerprint density at radius 2 is 2.17 bits per heavy atom. The molecule has 1 aliphatic rings. The zero-order chi connectivity index (χ0) is 17.3. The molecule has 0 radical (unpaired) electrons. The van der Waals surface area contributed by atoms with E-state index in [1.807, 2.05) is 19.1 Å². The summed E-state index contributed by atoms with van der Waals surface area (Å²) in [6, 6.07) is 5.41. The minimum atomic E-state index is -0.691. The van der Waals surface area contributed by atoms with Crippen LogP contribution in [0.25, 0.3) is 0 Å². The molecule has 3 nitrogen and oxygen atoms in total. The van der Waals surface area contributed by atoms with Crippen molar-refractivity contribution in [2.45, 2.75) is 51.7 Å². The molecule has 23 heavy (non-hydrogen) atoms. The largest absolute Gasteiger partial charge is 0.439 e. The third kappa shape index (κ3) is 3.85. The number of halogens is 2. The number of rotatable bonds is 5. The minimum Gasteiger partial charge on any atom is -0.439 e. The summed E-state index contributed by atoms with van der Waals surface area (Å²) in [6.07, 6.45) is 2.72. The Kier molecular flexibility index (Phi) is 6.02. The molecular formula is C18H29Cl2NO2+2. The Labute approximate surface area is 149 Å². The molecule has 4 atom stereocenters. The van der Waals surface area contributed by atoms with E-state index < -0.39 is 11.7 Å². The topological polar surface area (TPSA) is 55.2 Å². The van der Waals surface area contributed by atoms with Crippen LogP contribution in [0.5, 0.6) is 0 Å². The molecule has 1 aromatic carbocycles. The van der Waals surface area contributed by atoms with Gasteiger partial charge in [0.25, 0.3) is 0 Å². The van der Waals surface area contributed by atoms with E-state index in [0.29, 0.717) is 28.7 Å². The second kappa shape index (κ2) is 7.28. The summed E-state index contributed by atoms with van der Waals surface area (Å²) >= 11 is 11.5. The maximum Gasteiger partial charge on any atom is 0.238 e. The van der Waals surface area contributed by atoms with Gasteiger partial charge in [0.15, 0.2) is 17.7 Å². The molecule has 0 spiro atoms. The number of benzene rings is 1. The van der Waals surface area contributed by atoms with Crippen molar-refractivity contribution in [2.75, 3.05) is 13.1 Å². The van der Waals surface area contributed by atoms with Gasteiger partial charge in [-0.3, -0.25) is 0 Å². The van der Waals surface area contributed by atoms with Crippen molar-refractivity contribution < 1.29 is 21.8 Å². The van der Waals surface area contributed by atoms with Crippen LogP contribution in [0.1, 0.15) is 51.7 Å². The minimum absolute atomic E-state index is 0.179. The average Bonchev–Trinajstić information content (AvgIpc) is 2.45. The predicted octanol–water partition coefficient (Wildman–Crippen LogP) is 2.97. The lowest BCUT2D eigenvalue weighted by atomic mass is 9.60. The van der Waals surface area contributed by atoms with Crippen molar-refractivity contribution in [3.63, 3.8) is 0 Å². The van der Waals surface area contributed by atoms with Gasteiger partial charge in [0.2, 0.25) is 5.02 Å². The van der Waals surface area contributed by atoms with Crippen LogP contribution in [-0.4, -0.2) is 28.9 Å². The normalized spacial score (nSPS) is 32.7. The third-order valence-corrected chi connectivity index (χ3v) is 6.46. The SMILES string of the molecule is C[C@H]1CCC[C@@](C)(CNCC([OH2+])c2c(Cl)cccc2[ClH+])[C@]1(C)O. The van der Waals surface area contributed by atoms with E-state index >= 15 is 0 Å². The van der Waals surface area contributed by atoms with Gasteiger partial charge in [0.1, 0.15) is 5.56 Å². The zero-order valence-corrected chi connectivity index (χ0v) is 15.7. The van der Waals surface area contributed by atoms with Crippen LogP contribution in [0, 0.1) is 22.9 Å². The number of hydrogen-bond acceptors (Lipinski definition) is 2. The van der Waals surface area contributed by atoms with Gasteiger partial charge < -0.3 is 15.5 Å². The van der Waals surface area contributed by atoms with E-state index in [-0.39, 0.29) is 11.3 Å². The van der Waals surface area contributed by atoms with E-state index in [1.54, 1.807) is 6.07 Å². The maximum absolute atomic E-state index is 10.9. The van der Waals surface area contributed by atoms with Crippen molar-refractivity contribution in [1.82, 2.24) is 5.32 Å². The fraction of sp³-hybridized carbons (Fsp3) is 0.667. The molecule has 1 aromatic rings. The Balaban J connectivity index is 1.99. The van der Waals surface area contributed by atoms with E-state index in [0.717, 1.165) is 19.3 Å². The second-order valence-electron chi connectivity index (χ2n) is 7.34. The molecule has 0 bridgehead atoms. The maximum atomic E-state index is 10.9. The van der Waals surface area contributed by atoms with E-state index in [2.05, 4.69) is 19.2 Å². The lowest BCUT2D eigenvalue weighted by molar-refractivity contribution is -0.291. The van der Waals surface area contributed by atoms with Crippen molar-refractivity contribution in [1.29, 1.82) is 0 Å². The molecule has 1 saturated carbocycles. The summed E-state index contributed by atoms with van der Waals surface area (Å²) in [5.41, 5.74) is -0.157. The van der Waals surface area contributed by atoms with Crippen LogP contribution in [0.15, 0.2) is 18.2 Å². The van der Waals surface area contributed by atoms with Gasteiger partial charge in [0, 0.05) is 18.0 Å². The molecule has 2 rings (SSSR count). The summed E-state index contributed by atoms with van der Waals surface area (Å²) in [4.78, 5) is 0. The van der Waals surface area contributed by atoms with Gasteiger partial charge in [-0.1, -0.05) is 37.9 Å². The van der Waals surface area contributed by atoms with Gasteiger partial charge in [-0.2, -0.15) is 0 Å². The zero-order valence-electron chi connectivity index (χ0n) is 14.2. The Bertz CT molecular complexity index is 530. The summed E-state index contributed by atoms with van der Waals surface area (Å²) in [5.74, 6) is 0.290. The van der Waals surface area contributed by atoms with Crippen LogP contribution in [0.4, 0.5) is 0 Å². The van der Waals surface area contributed by atoms with Crippen LogP contribution < -0.4 is 5.32 Å². The highest BCUT2D eigenvalue weighted by molar-refractivity contribution is 6.31. The Morgan fingerprint density at radius 3 is 2.83 bits per heavy atom. The number of nitrogens with one attached hydrogen (secondary N) is 1. The lowest BCUT2D eigenvalue weighted by Crippen LogP contribution is -2.56. The van der Waals surface area contributed by atoms with Crippen LogP contribution >= 0.6 is 11.6 Å². The molecule has 1 aliphatic carbocycles. The summed E-state index contributed by atoms with van der Waals surface area (Å²) in [7, 11) is 0. The fourth-order valence-electron chi connectivity index (χ4n) is 3.64. The molecular weight excluding hydrogens is 333 g/mol. The Morgan fingerprint density at radius 1 is 1.48 bits per heavy atom. The van der Waals surface area contributed by atoms with Crippen molar-refractivity contribution in [2.24, 2.45) is 11.3 Å². The lowest BCUT2D eigenvalue weighted by Gasteiger charge is -2.50. The molecule has 0 aliphatic heterocycles. The first kappa shape index (κ1) is 19.0. The third-order valence-electron chi connectivity index (χ3n) is 5.77. The number of aliphatic hydroxyl groups is 1. The molecule has 0 heterocycles. The second-order valence-corrected chi connectivity index (χ2v) is 8.18. The fourth-order valence-corrected chi connectivity index (χ4v) is 4.34. The predicted molar refractivity (Wildman–Crippen MR) is 93.0 cm³/mol. The van der Waals surface area contributed by atoms with Crippen molar-refractivity contribution >= 4 is 11.6 Å². The molecule has 1 fully saturated rings. The van der Waals surface area contributed by atoms with Gasteiger partial charge in [-0.15, -0.1) is 0 Å². The van der Waals surface area contributed by atoms with Crippen LogP contribution in [0.2, 0.25) is 10.0 Å². The number of hydrogen-bond donors (Lipinski definition) is 2. The molecule has 130 valence electrons. The molecule has 1 unspecified atom stereocenters. The van der Waals surface area contributed by atoms with Gasteiger partial charge in [-0.05, 0) is 31.7 Å². The Hall–Kier alpha value is -0.320. The van der Waals surface area contributed by atoms with Gasteiger partial charge in [-0.25, -0.2) is 0 Å². The molecule has 0 aromatic heterocycles. The first-order valence-electron chi connectivity index (χ1n) is 8.28. The first-order chi connectivity index (χ1) is 10.7. The van der Waals surface area contributed by atoms with E-state index in [1.165, 1.54) is 0 Å². The highest BCUT2D eigenvalue weighted by Crippen LogP contribution is 2.46. The van der Waals surface area contributed by atoms with Gasteiger partial charge >= 0.3 is 0 Å². The smallest absolute Gasteiger partial charge is 0.238 e.